The van der Waals surface area contributed by atoms with E-state index in [0.29, 0.717) is 11.4 Å². The first-order valence-electron chi connectivity index (χ1n) is 8.91. The molecule has 0 atom stereocenters. The summed E-state index contributed by atoms with van der Waals surface area (Å²) in [6, 6.07) is 5.78. The highest BCUT2D eigenvalue weighted by Gasteiger charge is 2.26. The first-order valence-corrected chi connectivity index (χ1v) is 8.91. The largest absolute Gasteiger partial charge is 0.474 e. The fourth-order valence-corrected chi connectivity index (χ4v) is 3.29. The van der Waals surface area contributed by atoms with Gasteiger partial charge in [0, 0.05) is 44.5 Å². The molecule has 3 rings (SSSR count). The molecule has 1 aliphatic carbocycles. The van der Waals surface area contributed by atoms with Gasteiger partial charge in [-0.1, -0.05) is 0 Å². The van der Waals surface area contributed by atoms with Gasteiger partial charge in [0.05, 0.1) is 5.56 Å². The van der Waals surface area contributed by atoms with Crippen LogP contribution in [0.2, 0.25) is 0 Å². The van der Waals surface area contributed by atoms with Crippen molar-refractivity contribution in [3.8, 4) is 11.9 Å². The summed E-state index contributed by atoms with van der Waals surface area (Å²) in [7, 11) is 2.08. The van der Waals surface area contributed by atoms with Gasteiger partial charge in [0.2, 0.25) is 5.88 Å². The van der Waals surface area contributed by atoms with E-state index in [1.54, 1.807) is 12.1 Å². The number of pyridine rings is 1. The third-order valence-corrected chi connectivity index (χ3v) is 4.95. The molecule has 7 nitrogen and oxygen atoms in total. The van der Waals surface area contributed by atoms with Crippen LogP contribution < -0.4 is 10.1 Å². The molecule has 2 amide bonds. The second-order valence-electron chi connectivity index (χ2n) is 6.83. The van der Waals surface area contributed by atoms with E-state index in [2.05, 4.69) is 22.2 Å². The quantitative estimate of drug-likeness (QED) is 0.901. The van der Waals surface area contributed by atoms with Gasteiger partial charge >= 0.3 is 6.03 Å². The standard InChI is InChI=1S/C18H25N5O2/c1-22-8-10-23(11-9-22)18(24)21-15-3-5-16(6-4-15)25-17-7-2-14(12-19)13-20-17/h2,7,13,15-16H,3-6,8-11H2,1H3,(H,21,24). The van der Waals surface area contributed by atoms with Crippen molar-refractivity contribution in [1.29, 1.82) is 5.26 Å². The Morgan fingerprint density at radius 1 is 1.24 bits per heavy atom. The number of urea groups is 1. The monoisotopic (exact) mass is 343 g/mol. The van der Waals surface area contributed by atoms with Crippen LogP contribution in [0.25, 0.3) is 0 Å². The minimum Gasteiger partial charge on any atom is -0.474 e. The zero-order valence-electron chi connectivity index (χ0n) is 14.6. The normalized spacial score (nSPS) is 24.4. The average Bonchev–Trinajstić information content (AvgIpc) is 2.64. The first kappa shape index (κ1) is 17.5. The lowest BCUT2D eigenvalue weighted by Crippen LogP contribution is -2.53. The molecule has 7 heteroatoms. The summed E-state index contributed by atoms with van der Waals surface area (Å²) in [6.07, 6.45) is 5.28. The Bertz CT molecular complexity index is 611. The number of amides is 2. The lowest BCUT2D eigenvalue weighted by atomic mass is 9.93. The van der Waals surface area contributed by atoms with E-state index in [0.717, 1.165) is 51.9 Å². The van der Waals surface area contributed by atoms with E-state index in [1.807, 2.05) is 11.0 Å². The lowest BCUT2D eigenvalue weighted by Gasteiger charge is -2.35. The summed E-state index contributed by atoms with van der Waals surface area (Å²) < 4.78 is 5.89. The minimum absolute atomic E-state index is 0.0613. The van der Waals surface area contributed by atoms with Crippen LogP contribution in [0.1, 0.15) is 31.2 Å². The summed E-state index contributed by atoms with van der Waals surface area (Å²) in [4.78, 5) is 20.6. The van der Waals surface area contributed by atoms with E-state index in [-0.39, 0.29) is 18.2 Å². The van der Waals surface area contributed by atoms with Gasteiger partial charge in [-0.15, -0.1) is 0 Å². The number of carbonyl (C=O) groups excluding carboxylic acids is 1. The van der Waals surface area contributed by atoms with Gasteiger partial charge in [-0.05, 0) is 38.8 Å². The van der Waals surface area contributed by atoms with E-state index in [9.17, 15) is 4.79 Å². The first-order chi connectivity index (χ1) is 12.1. The number of nitriles is 1. The molecule has 1 aliphatic heterocycles. The van der Waals surface area contributed by atoms with Gasteiger partial charge < -0.3 is 19.9 Å². The Labute approximate surface area is 148 Å². The molecule has 1 saturated carbocycles. The predicted molar refractivity (Wildman–Crippen MR) is 93.2 cm³/mol. The number of hydrogen-bond donors (Lipinski definition) is 1. The number of ether oxygens (including phenoxy) is 1. The molecular formula is C18H25N5O2. The van der Waals surface area contributed by atoms with Gasteiger partial charge in [0.25, 0.3) is 0 Å². The van der Waals surface area contributed by atoms with Gasteiger partial charge in [0.1, 0.15) is 12.2 Å². The lowest BCUT2D eigenvalue weighted by molar-refractivity contribution is 0.125. The highest BCUT2D eigenvalue weighted by Crippen LogP contribution is 2.23. The van der Waals surface area contributed by atoms with Gasteiger partial charge in [-0.2, -0.15) is 5.26 Å². The molecule has 1 aromatic heterocycles. The van der Waals surface area contributed by atoms with Crippen molar-refractivity contribution in [2.24, 2.45) is 0 Å². The molecule has 25 heavy (non-hydrogen) atoms. The topological polar surface area (TPSA) is 81.5 Å². The minimum atomic E-state index is 0.0613. The summed E-state index contributed by atoms with van der Waals surface area (Å²) in [5.41, 5.74) is 0.530. The molecule has 2 fully saturated rings. The third-order valence-electron chi connectivity index (χ3n) is 4.95. The Morgan fingerprint density at radius 2 is 1.96 bits per heavy atom. The van der Waals surface area contributed by atoms with E-state index in [4.69, 9.17) is 10.00 Å². The maximum absolute atomic E-state index is 12.3. The maximum atomic E-state index is 12.3. The Balaban J connectivity index is 1.41. The van der Waals surface area contributed by atoms with Crippen molar-refractivity contribution in [2.75, 3.05) is 33.2 Å². The molecular weight excluding hydrogens is 318 g/mol. The number of hydrogen-bond acceptors (Lipinski definition) is 5. The highest BCUT2D eigenvalue weighted by molar-refractivity contribution is 5.74. The predicted octanol–water partition coefficient (Wildman–Crippen LogP) is 1.60. The van der Waals surface area contributed by atoms with Crippen molar-refractivity contribution in [1.82, 2.24) is 20.1 Å². The van der Waals surface area contributed by atoms with E-state index < -0.39 is 0 Å². The number of piperazine rings is 1. The SMILES string of the molecule is CN1CCN(C(=O)NC2CCC(Oc3ccc(C#N)cn3)CC2)CC1. The Hall–Kier alpha value is -2.33. The summed E-state index contributed by atoms with van der Waals surface area (Å²) in [5, 5.41) is 12.0. The summed E-state index contributed by atoms with van der Waals surface area (Å²) in [6.45, 7) is 3.47. The smallest absolute Gasteiger partial charge is 0.317 e. The van der Waals surface area contributed by atoms with Crippen LogP contribution in [0.5, 0.6) is 5.88 Å². The van der Waals surface area contributed by atoms with Crippen LogP contribution in [0.3, 0.4) is 0 Å². The maximum Gasteiger partial charge on any atom is 0.317 e. The van der Waals surface area contributed by atoms with Crippen molar-refractivity contribution in [3.05, 3.63) is 23.9 Å². The number of nitrogens with zero attached hydrogens (tertiary/aromatic N) is 4. The number of nitrogens with one attached hydrogen (secondary N) is 1. The molecule has 0 unspecified atom stereocenters. The fraction of sp³-hybridized carbons (Fsp3) is 0.611. The molecule has 2 heterocycles. The molecule has 0 spiro atoms. The molecule has 2 aliphatic rings. The van der Waals surface area contributed by atoms with Gasteiger partial charge in [0.15, 0.2) is 0 Å². The van der Waals surface area contributed by atoms with Crippen LogP contribution in [-0.2, 0) is 0 Å². The van der Waals surface area contributed by atoms with Crippen LogP contribution in [0.15, 0.2) is 18.3 Å². The molecule has 134 valence electrons. The second-order valence-corrected chi connectivity index (χ2v) is 6.83. The second kappa shape index (κ2) is 8.17. The van der Waals surface area contributed by atoms with Crippen molar-refractivity contribution >= 4 is 6.03 Å². The summed E-state index contributed by atoms with van der Waals surface area (Å²) in [5.74, 6) is 0.559. The molecule has 1 N–H and O–H groups in total. The zero-order chi connectivity index (χ0) is 17.6. The van der Waals surface area contributed by atoms with E-state index in [1.165, 1.54) is 6.20 Å². The molecule has 1 aromatic rings. The Morgan fingerprint density at radius 3 is 2.56 bits per heavy atom. The number of carbonyl (C=O) groups is 1. The number of likely N-dealkylation sites (N-methyl/N-ethyl adjacent to an activating group) is 1. The fourth-order valence-electron chi connectivity index (χ4n) is 3.29. The molecule has 0 bridgehead atoms. The van der Waals surface area contributed by atoms with Crippen LogP contribution in [0, 0.1) is 11.3 Å². The van der Waals surface area contributed by atoms with Crippen LogP contribution >= 0.6 is 0 Å². The molecule has 1 saturated heterocycles. The van der Waals surface area contributed by atoms with Crippen molar-refractivity contribution < 1.29 is 9.53 Å². The van der Waals surface area contributed by atoms with Crippen molar-refractivity contribution in [3.63, 3.8) is 0 Å². The highest BCUT2D eigenvalue weighted by atomic mass is 16.5. The number of aromatic nitrogens is 1. The zero-order valence-corrected chi connectivity index (χ0v) is 14.6. The molecule has 0 aromatic carbocycles. The summed E-state index contributed by atoms with van der Waals surface area (Å²) >= 11 is 0. The number of rotatable bonds is 3. The van der Waals surface area contributed by atoms with Gasteiger partial charge in [-0.25, -0.2) is 9.78 Å². The van der Waals surface area contributed by atoms with Crippen LogP contribution in [-0.4, -0.2) is 66.2 Å². The van der Waals surface area contributed by atoms with E-state index >= 15 is 0 Å². The van der Waals surface area contributed by atoms with Crippen LogP contribution in [0.4, 0.5) is 4.79 Å². The van der Waals surface area contributed by atoms with Crippen molar-refractivity contribution in [2.45, 2.75) is 37.8 Å². The third kappa shape index (κ3) is 4.83. The molecule has 0 radical (unpaired) electrons. The van der Waals surface area contributed by atoms with Gasteiger partial charge in [-0.3, -0.25) is 0 Å². The Kier molecular flexibility index (Phi) is 5.71. The average molecular weight is 343 g/mol.